The number of nitrogens with one attached hydrogen (secondary N) is 2. The molecule has 0 atom stereocenters. The van der Waals surface area contributed by atoms with Crippen LogP contribution in [0.2, 0.25) is 0 Å². The van der Waals surface area contributed by atoms with Gasteiger partial charge in [-0.05, 0) is 31.2 Å². The van der Waals surface area contributed by atoms with Gasteiger partial charge in [-0.1, -0.05) is 47.7 Å². The highest BCUT2D eigenvalue weighted by molar-refractivity contribution is 7.99. The van der Waals surface area contributed by atoms with Gasteiger partial charge in [0.05, 0.1) is 12.3 Å². The minimum absolute atomic E-state index is 0.122. The van der Waals surface area contributed by atoms with Crippen molar-refractivity contribution in [2.45, 2.75) is 18.7 Å². The standard InChI is InChI=1S/C19H18N4O3S/c1-13-7-9-15(10-8-13)21-16(24)12-27-19-23-22-17(26-19)11-20-18(25)14-5-3-2-4-6-14/h2-10H,11-12H2,1H3,(H,20,25)(H,21,24). The third-order valence-electron chi connectivity index (χ3n) is 3.55. The lowest BCUT2D eigenvalue weighted by molar-refractivity contribution is -0.113. The van der Waals surface area contributed by atoms with Gasteiger partial charge in [0.1, 0.15) is 0 Å². The first-order valence-electron chi connectivity index (χ1n) is 8.25. The molecule has 2 N–H and O–H groups in total. The first-order chi connectivity index (χ1) is 13.1. The summed E-state index contributed by atoms with van der Waals surface area (Å²) in [5.74, 6) is 0.0356. The molecule has 8 heteroatoms. The Kier molecular flexibility index (Phi) is 6.22. The maximum atomic E-state index is 12.0. The van der Waals surface area contributed by atoms with Gasteiger partial charge in [-0.2, -0.15) is 0 Å². The van der Waals surface area contributed by atoms with Gasteiger partial charge < -0.3 is 15.1 Å². The van der Waals surface area contributed by atoms with Crippen molar-refractivity contribution in [3.05, 3.63) is 71.6 Å². The van der Waals surface area contributed by atoms with Gasteiger partial charge in [-0.3, -0.25) is 9.59 Å². The van der Waals surface area contributed by atoms with Crippen LogP contribution in [0.5, 0.6) is 0 Å². The van der Waals surface area contributed by atoms with Gasteiger partial charge in [-0.25, -0.2) is 0 Å². The molecule has 0 fully saturated rings. The number of nitrogens with zero attached hydrogens (tertiary/aromatic N) is 2. The van der Waals surface area contributed by atoms with E-state index in [9.17, 15) is 9.59 Å². The molecule has 1 heterocycles. The first kappa shape index (κ1) is 18.7. The van der Waals surface area contributed by atoms with Crippen LogP contribution < -0.4 is 10.6 Å². The SMILES string of the molecule is Cc1ccc(NC(=O)CSc2nnc(CNC(=O)c3ccccc3)o2)cc1. The summed E-state index contributed by atoms with van der Waals surface area (Å²) in [6.07, 6.45) is 0. The van der Waals surface area contributed by atoms with Crippen molar-refractivity contribution in [3.63, 3.8) is 0 Å². The van der Waals surface area contributed by atoms with E-state index in [1.54, 1.807) is 24.3 Å². The molecule has 0 aliphatic rings. The van der Waals surface area contributed by atoms with E-state index in [1.807, 2.05) is 37.3 Å². The summed E-state index contributed by atoms with van der Waals surface area (Å²) in [6.45, 7) is 2.10. The van der Waals surface area contributed by atoms with E-state index in [4.69, 9.17) is 4.42 Å². The molecule has 138 valence electrons. The molecule has 0 bridgehead atoms. The second-order valence-electron chi connectivity index (χ2n) is 5.71. The molecule has 0 spiro atoms. The Morgan fingerprint density at radius 3 is 2.52 bits per heavy atom. The maximum absolute atomic E-state index is 12.0. The third-order valence-corrected chi connectivity index (χ3v) is 4.36. The molecular formula is C19H18N4O3S. The molecule has 0 radical (unpaired) electrons. The highest BCUT2D eigenvalue weighted by Gasteiger charge is 2.11. The monoisotopic (exact) mass is 382 g/mol. The average molecular weight is 382 g/mol. The van der Waals surface area contributed by atoms with Crippen LogP contribution in [-0.2, 0) is 11.3 Å². The summed E-state index contributed by atoms with van der Waals surface area (Å²) in [7, 11) is 0. The predicted molar refractivity (Wildman–Crippen MR) is 102 cm³/mol. The van der Waals surface area contributed by atoms with Gasteiger partial charge in [-0.15, -0.1) is 10.2 Å². The number of rotatable bonds is 7. The van der Waals surface area contributed by atoms with E-state index in [1.165, 1.54) is 0 Å². The van der Waals surface area contributed by atoms with E-state index < -0.39 is 0 Å². The van der Waals surface area contributed by atoms with Crippen molar-refractivity contribution in [2.24, 2.45) is 0 Å². The Labute approximate surface area is 160 Å². The minimum atomic E-state index is -0.222. The van der Waals surface area contributed by atoms with Crippen LogP contribution in [0.4, 0.5) is 5.69 Å². The fourth-order valence-electron chi connectivity index (χ4n) is 2.18. The molecule has 0 aliphatic heterocycles. The summed E-state index contributed by atoms with van der Waals surface area (Å²) in [4.78, 5) is 23.9. The number of carbonyl (C=O) groups is 2. The molecule has 27 heavy (non-hydrogen) atoms. The number of amides is 2. The number of benzene rings is 2. The average Bonchev–Trinajstić information content (AvgIpc) is 3.15. The first-order valence-corrected chi connectivity index (χ1v) is 9.23. The molecule has 0 aliphatic carbocycles. The molecule has 3 rings (SSSR count). The highest BCUT2D eigenvalue weighted by atomic mass is 32.2. The summed E-state index contributed by atoms with van der Waals surface area (Å²) in [6, 6.07) is 16.4. The molecule has 2 aromatic carbocycles. The smallest absolute Gasteiger partial charge is 0.277 e. The summed E-state index contributed by atoms with van der Waals surface area (Å²) in [5, 5.41) is 13.5. The molecule has 3 aromatic rings. The lowest BCUT2D eigenvalue weighted by Gasteiger charge is -2.04. The third kappa shape index (κ3) is 5.68. The summed E-state index contributed by atoms with van der Waals surface area (Å²) in [5.41, 5.74) is 2.42. The van der Waals surface area contributed by atoms with E-state index in [0.717, 1.165) is 23.0 Å². The molecule has 0 saturated heterocycles. The fourth-order valence-corrected chi connectivity index (χ4v) is 2.76. The molecule has 0 unspecified atom stereocenters. The van der Waals surface area contributed by atoms with Crippen LogP contribution in [0.25, 0.3) is 0 Å². The van der Waals surface area contributed by atoms with Gasteiger partial charge in [0, 0.05) is 11.3 Å². The zero-order valence-electron chi connectivity index (χ0n) is 14.6. The van der Waals surface area contributed by atoms with E-state index in [-0.39, 0.29) is 35.2 Å². The summed E-state index contributed by atoms with van der Waals surface area (Å²) >= 11 is 1.14. The molecule has 7 nitrogen and oxygen atoms in total. The zero-order valence-corrected chi connectivity index (χ0v) is 15.5. The minimum Gasteiger partial charge on any atom is -0.414 e. The molecule has 0 saturated carbocycles. The number of aromatic nitrogens is 2. The van der Waals surface area contributed by atoms with E-state index >= 15 is 0 Å². The molecule has 1 aromatic heterocycles. The van der Waals surface area contributed by atoms with E-state index in [2.05, 4.69) is 20.8 Å². The van der Waals surface area contributed by atoms with Crippen molar-refractivity contribution < 1.29 is 14.0 Å². The Balaban J connectivity index is 1.44. The van der Waals surface area contributed by atoms with Crippen molar-refractivity contribution >= 4 is 29.3 Å². The summed E-state index contributed by atoms with van der Waals surface area (Å²) < 4.78 is 5.43. The highest BCUT2D eigenvalue weighted by Crippen LogP contribution is 2.17. The number of hydrogen-bond donors (Lipinski definition) is 2. The van der Waals surface area contributed by atoms with Crippen LogP contribution in [0, 0.1) is 6.92 Å². The van der Waals surface area contributed by atoms with Crippen molar-refractivity contribution in [2.75, 3.05) is 11.1 Å². The van der Waals surface area contributed by atoms with Gasteiger partial charge in [0.2, 0.25) is 11.8 Å². The number of thioether (sulfide) groups is 1. The lowest BCUT2D eigenvalue weighted by atomic mass is 10.2. The molecular weight excluding hydrogens is 364 g/mol. The second-order valence-corrected chi connectivity index (χ2v) is 6.64. The van der Waals surface area contributed by atoms with Gasteiger partial charge >= 0.3 is 0 Å². The van der Waals surface area contributed by atoms with Crippen molar-refractivity contribution in [3.8, 4) is 0 Å². The lowest BCUT2D eigenvalue weighted by Crippen LogP contribution is -2.22. The maximum Gasteiger partial charge on any atom is 0.277 e. The quantitative estimate of drug-likeness (QED) is 0.610. The topological polar surface area (TPSA) is 97.1 Å². The number of carbonyl (C=O) groups excluding carboxylic acids is 2. The Hall–Kier alpha value is -3.13. The van der Waals surface area contributed by atoms with Crippen molar-refractivity contribution in [1.29, 1.82) is 0 Å². The van der Waals surface area contributed by atoms with Crippen LogP contribution in [-0.4, -0.2) is 27.8 Å². The second kappa shape index (κ2) is 9.00. The Morgan fingerprint density at radius 2 is 1.78 bits per heavy atom. The van der Waals surface area contributed by atoms with Crippen LogP contribution in [0.3, 0.4) is 0 Å². The Bertz CT molecular complexity index is 910. The molecule has 2 amide bonds. The Morgan fingerprint density at radius 1 is 1.04 bits per heavy atom. The number of hydrogen-bond acceptors (Lipinski definition) is 6. The van der Waals surface area contributed by atoms with Crippen LogP contribution >= 0.6 is 11.8 Å². The zero-order chi connectivity index (χ0) is 19.1. The number of anilines is 1. The van der Waals surface area contributed by atoms with Crippen molar-refractivity contribution in [1.82, 2.24) is 15.5 Å². The van der Waals surface area contributed by atoms with Gasteiger partial charge in [0.15, 0.2) is 0 Å². The van der Waals surface area contributed by atoms with Crippen LogP contribution in [0.15, 0.2) is 64.2 Å². The van der Waals surface area contributed by atoms with Gasteiger partial charge in [0.25, 0.3) is 11.1 Å². The largest absolute Gasteiger partial charge is 0.414 e. The predicted octanol–water partition coefficient (Wildman–Crippen LogP) is 3.04. The van der Waals surface area contributed by atoms with E-state index in [0.29, 0.717) is 5.56 Å². The fraction of sp³-hybridized carbons (Fsp3) is 0.158. The normalized spacial score (nSPS) is 10.4. The number of aryl methyl sites for hydroxylation is 1. The van der Waals surface area contributed by atoms with Crippen LogP contribution in [0.1, 0.15) is 21.8 Å².